The topological polar surface area (TPSA) is 25.0 Å². The number of hydrogen-bond donors (Lipinski definition) is 1. The Morgan fingerprint density at radius 2 is 0.796 bits per heavy atom. The van der Waals surface area contributed by atoms with E-state index in [0.29, 0.717) is 23.7 Å². The molecule has 54 heavy (non-hydrogen) atoms. The van der Waals surface area contributed by atoms with Gasteiger partial charge < -0.3 is 24.9 Å². The van der Waals surface area contributed by atoms with Crippen LogP contribution >= 0.6 is 0 Å². The van der Waals surface area contributed by atoms with Crippen LogP contribution in [0.1, 0.15) is 119 Å². The SMILES string of the molecule is CC(C)c1cccc(C(C)C)c1N1C=CN(C2=CC(C(C)(c3ccccc3)c3ccccc3)C=C(N3C=CN(c4c(C(C)C)cccc4C(C)C)C3)N2)C1. The predicted octanol–water partition coefficient (Wildman–Crippen LogP) is 11.9. The molecule has 0 bridgehead atoms. The smallest absolute Gasteiger partial charge is 0.109 e. The van der Waals surface area contributed by atoms with Gasteiger partial charge in [0.1, 0.15) is 25.0 Å². The molecule has 0 atom stereocenters. The van der Waals surface area contributed by atoms with Crippen molar-refractivity contribution >= 4 is 11.4 Å². The van der Waals surface area contributed by atoms with Crippen LogP contribution < -0.4 is 15.1 Å². The monoisotopic (exact) mass is 717 g/mol. The van der Waals surface area contributed by atoms with E-state index in [1.165, 1.54) is 44.8 Å². The van der Waals surface area contributed by atoms with Crippen LogP contribution in [0.4, 0.5) is 11.4 Å². The summed E-state index contributed by atoms with van der Waals surface area (Å²) in [5, 5.41) is 3.95. The van der Waals surface area contributed by atoms with Crippen LogP contribution in [0.2, 0.25) is 0 Å². The zero-order valence-corrected chi connectivity index (χ0v) is 33.8. The lowest BCUT2D eigenvalue weighted by atomic mass is 9.66. The molecule has 0 fully saturated rings. The predicted molar refractivity (Wildman–Crippen MR) is 228 cm³/mol. The number of rotatable bonds is 11. The van der Waals surface area contributed by atoms with Crippen molar-refractivity contribution in [2.75, 3.05) is 23.1 Å². The number of benzene rings is 4. The highest BCUT2D eigenvalue weighted by Crippen LogP contribution is 2.45. The van der Waals surface area contributed by atoms with E-state index >= 15 is 0 Å². The number of allylic oxidation sites excluding steroid dienone is 2. The lowest BCUT2D eigenvalue weighted by Gasteiger charge is -2.41. The Morgan fingerprint density at radius 3 is 1.13 bits per heavy atom. The Hall–Kier alpha value is -5.16. The van der Waals surface area contributed by atoms with E-state index in [4.69, 9.17) is 0 Å². The van der Waals surface area contributed by atoms with E-state index in [9.17, 15) is 0 Å². The van der Waals surface area contributed by atoms with Crippen LogP contribution in [-0.2, 0) is 5.41 Å². The largest absolute Gasteiger partial charge is 0.328 e. The third-order valence-electron chi connectivity index (χ3n) is 11.7. The lowest BCUT2D eigenvalue weighted by Crippen LogP contribution is -2.42. The Morgan fingerprint density at radius 1 is 0.463 bits per heavy atom. The molecule has 0 spiro atoms. The number of anilines is 2. The van der Waals surface area contributed by atoms with Gasteiger partial charge in [0.25, 0.3) is 0 Å². The minimum Gasteiger partial charge on any atom is -0.328 e. The van der Waals surface area contributed by atoms with E-state index in [1.807, 2.05) is 0 Å². The van der Waals surface area contributed by atoms with Crippen molar-refractivity contribution in [3.05, 3.63) is 179 Å². The van der Waals surface area contributed by atoms with Gasteiger partial charge in [0, 0.05) is 47.5 Å². The molecular formula is C49H59N5. The van der Waals surface area contributed by atoms with Crippen molar-refractivity contribution in [2.45, 2.75) is 91.4 Å². The molecule has 0 radical (unpaired) electrons. The molecule has 3 aliphatic heterocycles. The summed E-state index contributed by atoms with van der Waals surface area (Å²) in [6.07, 6.45) is 14.0. The number of dihydropyridines is 1. The van der Waals surface area contributed by atoms with E-state index in [-0.39, 0.29) is 11.3 Å². The average Bonchev–Trinajstić information content (AvgIpc) is 3.89. The van der Waals surface area contributed by atoms with Gasteiger partial charge in [-0.05, 0) is 69.2 Å². The third-order valence-corrected chi connectivity index (χ3v) is 11.7. The summed E-state index contributed by atoms with van der Waals surface area (Å²) in [4.78, 5) is 9.67. The van der Waals surface area contributed by atoms with Crippen molar-refractivity contribution in [3.8, 4) is 0 Å². The molecular weight excluding hydrogens is 659 g/mol. The molecule has 3 heterocycles. The first-order chi connectivity index (χ1) is 26.0. The van der Waals surface area contributed by atoms with Crippen LogP contribution in [0.3, 0.4) is 0 Å². The van der Waals surface area contributed by atoms with Crippen molar-refractivity contribution in [2.24, 2.45) is 5.92 Å². The average molecular weight is 718 g/mol. The molecule has 1 N–H and O–H groups in total. The fraction of sp³-hybridized carbons (Fsp3) is 0.347. The Bertz CT molecular complexity index is 1860. The van der Waals surface area contributed by atoms with Gasteiger partial charge >= 0.3 is 0 Å². The van der Waals surface area contributed by atoms with Gasteiger partial charge in [0.05, 0.1) is 0 Å². The molecule has 0 unspecified atom stereocenters. The maximum absolute atomic E-state index is 3.95. The van der Waals surface area contributed by atoms with Crippen LogP contribution in [0.15, 0.2) is 146 Å². The Labute approximate surface area is 325 Å². The van der Waals surface area contributed by atoms with Gasteiger partial charge in [0.2, 0.25) is 0 Å². The normalized spacial score (nSPS) is 16.4. The Balaban J connectivity index is 1.29. The second kappa shape index (κ2) is 15.3. The second-order valence-corrected chi connectivity index (χ2v) is 16.6. The van der Waals surface area contributed by atoms with Crippen LogP contribution in [0.5, 0.6) is 0 Å². The van der Waals surface area contributed by atoms with Gasteiger partial charge in [-0.25, -0.2) is 0 Å². The van der Waals surface area contributed by atoms with Crippen molar-refractivity contribution in [3.63, 3.8) is 0 Å². The summed E-state index contributed by atoms with van der Waals surface area (Å²) in [6, 6.07) is 35.7. The summed E-state index contributed by atoms with van der Waals surface area (Å²) >= 11 is 0. The number of nitrogens with zero attached hydrogens (tertiary/aromatic N) is 4. The van der Waals surface area contributed by atoms with E-state index in [0.717, 1.165) is 25.0 Å². The zero-order valence-electron chi connectivity index (χ0n) is 33.8. The summed E-state index contributed by atoms with van der Waals surface area (Å²) in [6.45, 7) is 22.3. The number of hydrogen-bond acceptors (Lipinski definition) is 5. The van der Waals surface area contributed by atoms with Crippen molar-refractivity contribution < 1.29 is 0 Å². The first-order valence-electron chi connectivity index (χ1n) is 20.0. The van der Waals surface area contributed by atoms with Gasteiger partial charge in [-0.3, -0.25) is 0 Å². The van der Waals surface area contributed by atoms with Gasteiger partial charge in [0.15, 0.2) is 0 Å². The minimum atomic E-state index is -0.322. The van der Waals surface area contributed by atoms with Crippen LogP contribution in [0, 0.1) is 5.92 Å². The fourth-order valence-electron chi connectivity index (χ4n) is 8.52. The highest BCUT2D eigenvalue weighted by molar-refractivity contribution is 5.66. The summed E-state index contributed by atoms with van der Waals surface area (Å²) in [5.74, 6) is 3.94. The van der Waals surface area contributed by atoms with E-state index in [1.54, 1.807) is 0 Å². The fourth-order valence-corrected chi connectivity index (χ4v) is 8.52. The van der Waals surface area contributed by atoms with Crippen molar-refractivity contribution in [1.29, 1.82) is 0 Å². The number of para-hydroxylation sites is 2. The number of nitrogens with one attached hydrogen (secondary N) is 1. The molecule has 4 aromatic carbocycles. The highest BCUT2D eigenvalue weighted by Gasteiger charge is 2.39. The standard InChI is InChI=1S/C49H59N5/c1-34(2)41-22-16-23-42(35(3)4)47(41)53-28-26-51(32-53)45-30-40(49(9,38-18-12-10-13-19-38)39-20-14-11-15-21-39)31-46(50-45)52-27-29-54(33-52)48-43(36(5)6)24-17-25-44(48)37(7)8/h10-31,34-37,40,50H,32-33H2,1-9H3. The molecule has 0 aromatic heterocycles. The maximum atomic E-state index is 3.95. The molecule has 0 saturated carbocycles. The summed E-state index contributed by atoms with van der Waals surface area (Å²) in [5.41, 5.74) is 10.5. The van der Waals surface area contributed by atoms with Crippen LogP contribution in [-0.4, -0.2) is 23.1 Å². The van der Waals surface area contributed by atoms with E-state index in [2.05, 4.69) is 221 Å². The zero-order chi connectivity index (χ0) is 38.1. The maximum Gasteiger partial charge on any atom is 0.109 e. The molecule has 5 heteroatoms. The molecule has 3 aliphatic rings. The highest BCUT2D eigenvalue weighted by atomic mass is 15.4. The first kappa shape index (κ1) is 37.2. The molecule has 0 aliphatic carbocycles. The summed E-state index contributed by atoms with van der Waals surface area (Å²) in [7, 11) is 0. The van der Waals surface area contributed by atoms with Gasteiger partial charge in [-0.1, -0.05) is 159 Å². The molecule has 7 rings (SSSR count). The Kier molecular flexibility index (Phi) is 10.5. The quantitative estimate of drug-likeness (QED) is 0.167. The third kappa shape index (κ3) is 6.97. The molecule has 0 saturated heterocycles. The lowest BCUT2D eigenvalue weighted by molar-refractivity contribution is 0.376. The molecule has 5 nitrogen and oxygen atoms in total. The van der Waals surface area contributed by atoms with Crippen molar-refractivity contribution in [1.82, 2.24) is 15.1 Å². The first-order valence-corrected chi connectivity index (χ1v) is 20.0. The molecule has 280 valence electrons. The van der Waals surface area contributed by atoms with Gasteiger partial charge in [-0.15, -0.1) is 0 Å². The minimum absolute atomic E-state index is 0.0572. The molecule has 4 aromatic rings. The molecule has 0 amide bonds. The van der Waals surface area contributed by atoms with Crippen LogP contribution in [0.25, 0.3) is 0 Å². The van der Waals surface area contributed by atoms with Gasteiger partial charge in [-0.2, -0.15) is 0 Å². The second-order valence-electron chi connectivity index (χ2n) is 16.6. The summed E-state index contributed by atoms with van der Waals surface area (Å²) < 4.78 is 0. The van der Waals surface area contributed by atoms with E-state index < -0.39 is 0 Å².